The second-order valence-electron chi connectivity index (χ2n) is 5.48. The Kier molecular flexibility index (Phi) is 5.53. The van der Waals surface area contributed by atoms with Crippen LogP contribution >= 0.6 is 0 Å². The minimum Gasteiger partial charge on any atom is -0.394 e. The molecule has 1 aromatic heterocycles. The van der Waals surface area contributed by atoms with Gasteiger partial charge in [0.1, 0.15) is 5.82 Å². The van der Waals surface area contributed by atoms with Crippen molar-refractivity contribution in [3.8, 4) is 0 Å². The summed E-state index contributed by atoms with van der Waals surface area (Å²) >= 11 is 0. The van der Waals surface area contributed by atoms with E-state index in [1.54, 1.807) is 0 Å². The van der Waals surface area contributed by atoms with Crippen molar-refractivity contribution in [1.82, 2.24) is 10.3 Å². The number of aliphatic hydroxyl groups excluding tert-OH is 1. The van der Waals surface area contributed by atoms with Gasteiger partial charge in [-0.25, -0.2) is 4.98 Å². The van der Waals surface area contributed by atoms with Crippen molar-refractivity contribution in [2.24, 2.45) is 0 Å². The van der Waals surface area contributed by atoms with E-state index in [0.29, 0.717) is 0 Å². The zero-order valence-corrected chi connectivity index (χ0v) is 13.1. The molecule has 0 saturated carbocycles. The fraction of sp³-hybridized carbons (Fsp3) is 0.471. The van der Waals surface area contributed by atoms with Crippen molar-refractivity contribution in [1.29, 1.82) is 0 Å². The van der Waals surface area contributed by atoms with E-state index in [4.69, 9.17) is 4.98 Å². The highest BCUT2D eigenvalue weighted by Crippen LogP contribution is 2.24. The fourth-order valence-electron chi connectivity index (χ4n) is 2.32. The number of likely N-dealkylation sites (N-methyl/N-ethyl adjacent to an activating group) is 1. The molecule has 0 saturated heterocycles. The predicted molar refractivity (Wildman–Crippen MR) is 88.7 cm³/mol. The van der Waals surface area contributed by atoms with E-state index >= 15 is 0 Å². The van der Waals surface area contributed by atoms with Gasteiger partial charge >= 0.3 is 0 Å². The van der Waals surface area contributed by atoms with Gasteiger partial charge in [0.05, 0.1) is 18.2 Å². The van der Waals surface area contributed by atoms with Gasteiger partial charge in [0, 0.05) is 24.5 Å². The Bertz CT molecular complexity index is 585. The topological polar surface area (TPSA) is 48.4 Å². The van der Waals surface area contributed by atoms with Gasteiger partial charge in [0.15, 0.2) is 0 Å². The molecule has 21 heavy (non-hydrogen) atoms. The number of aliphatic hydroxyl groups is 1. The van der Waals surface area contributed by atoms with Crippen molar-refractivity contribution >= 4 is 16.7 Å². The number of hydrogen-bond donors (Lipinski definition) is 2. The molecular formula is C17H25N3O. The van der Waals surface area contributed by atoms with E-state index in [0.717, 1.165) is 36.2 Å². The summed E-state index contributed by atoms with van der Waals surface area (Å²) < 4.78 is 0. The van der Waals surface area contributed by atoms with Gasteiger partial charge < -0.3 is 15.3 Å². The molecule has 0 bridgehead atoms. The second-order valence-corrected chi connectivity index (χ2v) is 5.48. The maximum absolute atomic E-state index is 9.40. The van der Waals surface area contributed by atoms with E-state index in [-0.39, 0.29) is 12.6 Å². The number of pyridine rings is 1. The Balaban J connectivity index is 2.40. The van der Waals surface area contributed by atoms with Crippen LogP contribution in [0.4, 0.5) is 5.82 Å². The molecule has 1 aromatic carbocycles. The lowest BCUT2D eigenvalue weighted by molar-refractivity contribution is 0.269. The monoisotopic (exact) mass is 287 g/mol. The first-order valence-electron chi connectivity index (χ1n) is 7.60. The molecule has 1 atom stereocenters. The minimum absolute atomic E-state index is 0.0450. The van der Waals surface area contributed by atoms with Crippen LogP contribution in [0.15, 0.2) is 30.3 Å². The summed E-state index contributed by atoms with van der Waals surface area (Å²) in [6.07, 6.45) is 1.11. The van der Waals surface area contributed by atoms with E-state index in [1.165, 1.54) is 5.56 Å². The first-order valence-corrected chi connectivity index (χ1v) is 7.60. The molecule has 1 unspecified atom stereocenters. The standard InChI is InChI=1S/C17H25N3O/c1-4-9-18-11-15-10-14-7-5-6-8-16(14)19-17(15)20(3)13(2)12-21/h5-8,10,13,18,21H,4,9,11-12H2,1-3H3. The van der Waals surface area contributed by atoms with E-state index in [1.807, 2.05) is 32.2 Å². The highest BCUT2D eigenvalue weighted by atomic mass is 16.3. The van der Waals surface area contributed by atoms with Crippen LogP contribution in [-0.2, 0) is 6.54 Å². The van der Waals surface area contributed by atoms with Crippen molar-refractivity contribution in [2.45, 2.75) is 32.9 Å². The first kappa shape index (κ1) is 15.7. The molecular weight excluding hydrogens is 262 g/mol. The van der Waals surface area contributed by atoms with Crippen LogP contribution in [0.1, 0.15) is 25.8 Å². The molecule has 2 rings (SSSR count). The third-order valence-electron chi connectivity index (χ3n) is 3.78. The largest absolute Gasteiger partial charge is 0.394 e. The summed E-state index contributed by atoms with van der Waals surface area (Å²) in [6, 6.07) is 10.4. The number of para-hydroxylation sites is 1. The zero-order chi connectivity index (χ0) is 15.2. The number of benzene rings is 1. The summed E-state index contributed by atoms with van der Waals surface area (Å²) in [4.78, 5) is 6.85. The highest BCUT2D eigenvalue weighted by Gasteiger charge is 2.15. The molecule has 2 aromatic rings. The molecule has 0 aliphatic heterocycles. The minimum atomic E-state index is 0.0450. The lowest BCUT2D eigenvalue weighted by Crippen LogP contribution is -2.33. The molecule has 0 aliphatic rings. The average Bonchev–Trinajstić information content (AvgIpc) is 2.53. The number of nitrogens with one attached hydrogen (secondary N) is 1. The molecule has 0 fully saturated rings. The number of hydrogen-bond acceptors (Lipinski definition) is 4. The Morgan fingerprint density at radius 3 is 2.81 bits per heavy atom. The maximum atomic E-state index is 9.40. The molecule has 0 amide bonds. The maximum Gasteiger partial charge on any atom is 0.133 e. The van der Waals surface area contributed by atoms with Crippen LogP contribution in [0.5, 0.6) is 0 Å². The van der Waals surface area contributed by atoms with Crippen LogP contribution in [0.25, 0.3) is 10.9 Å². The van der Waals surface area contributed by atoms with Crippen LogP contribution < -0.4 is 10.2 Å². The highest BCUT2D eigenvalue weighted by molar-refractivity contribution is 5.81. The van der Waals surface area contributed by atoms with Gasteiger partial charge in [-0.1, -0.05) is 25.1 Å². The number of nitrogens with zero attached hydrogens (tertiary/aromatic N) is 2. The molecule has 2 N–H and O–H groups in total. The van der Waals surface area contributed by atoms with Gasteiger partial charge in [-0.15, -0.1) is 0 Å². The third kappa shape index (κ3) is 3.71. The van der Waals surface area contributed by atoms with Crippen molar-refractivity contribution in [3.63, 3.8) is 0 Å². The van der Waals surface area contributed by atoms with Crippen LogP contribution in [0.2, 0.25) is 0 Å². The van der Waals surface area contributed by atoms with E-state index < -0.39 is 0 Å². The first-order chi connectivity index (χ1) is 10.2. The zero-order valence-electron chi connectivity index (χ0n) is 13.1. The van der Waals surface area contributed by atoms with Gasteiger partial charge in [-0.2, -0.15) is 0 Å². The number of fused-ring (bicyclic) bond motifs is 1. The summed E-state index contributed by atoms with van der Waals surface area (Å²) in [6.45, 7) is 6.06. The van der Waals surface area contributed by atoms with Crippen LogP contribution in [-0.4, -0.2) is 36.3 Å². The Morgan fingerprint density at radius 1 is 1.33 bits per heavy atom. The van der Waals surface area contributed by atoms with Crippen molar-refractivity contribution in [3.05, 3.63) is 35.9 Å². The average molecular weight is 287 g/mol. The van der Waals surface area contributed by atoms with Gasteiger partial charge in [0.25, 0.3) is 0 Å². The lowest BCUT2D eigenvalue weighted by Gasteiger charge is -2.27. The fourth-order valence-corrected chi connectivity index (χ4v) is 2.32. The SMILES string of the molecule is CCCNCc1cc2ccccc2nc1N(C)C(C)CO. The van der Waals surface area contributed by atoms with Crippen molar-refractivity contribution < 1.29 is 5.11 Å². The number of rotatable bonds is 7. The Morgan fingerprint density at radius 2 is 2.10 bits per heavy atom. The molecule has 0 aliphatic carbocycles. The molecule has 114 valence electrons. The van der Waals surface area contributed by atoms with Crippen LogP contribution in [0, 0.1) is 0 Å². The lowest BCUT2D eigenvalue weighted by atomic mass is 10.1. The van der Waals surface area contributed by atoms with Crippen LogP contribution in [0.3, 0.4) is 0 Å². The summed E-state index contributed by atoms with van der Waals surface area (Å²) in [7, 11) is 1.99. The second kappa shape index (κ2) is 7.38. The molecule has 0 spiro atoms. The predicted octanol–water partition coefficient (Wildman–Crippen LogP) is 2.55. The number of anilines is 1. The Hall–Kier alpha value is -1.65. The quantitative estimate of drug-likeness (QED) is 0.768. The van der Waals surface area contributed by atoms with E-state index in [2.05, 4.69) is 29.3 Å². The smallest absolute Gasteiger partial charge is 0.133 e. The van der Waals surface area contributed by atoms with E-state index in [9.17, 15) is 5.11 Å². The summed E-state index contributed by atoms with van der Waals surface area (Å²) in [5, 5.41) is 14.0. The Labute approximate surface area is 126 Å². The molecule has 0 radical (unpaired) electrons. The van der Waals surface area contributed by atoms with Gasteiger partial charge in [-0.05, 0) is 32.0 Å². The van der Waals surface area contributed by atoms with Gasteiger partial charge in [0.2, 0.25) is 0 Å². The summed E-state index contributed by atoms with van der Waals surface area (Å²) in [5.74, 6) is 0.943. The third-order valence-corrected chi connectivity index (χ3v) is 3.78. The number of aromatic nitrogens is 1. The normalized spacial score (nSPS) is 12.6. The van der Waals surface area contributed by atoms with Crippen molar-refractivity contribution in [2.75, 3.05) is 25.1 Å². The molecule has 4 heteroatoms. The summed E-state index contributed by atoms with van der Waals surface area (Å²) in [5.41, 5.74) is 2.16. The molecule has 1 heterocycles. The van der Waals surface area contributed by atoms with Gasteiger partial charge in [-0.3, -0.25) is 0 Å². The molecule has 4 nitrogen and oxygen atoms in total.